The lowest BCUT2D eigenvalue weighted by Crippen LogP contribution is -2.38. The van der Waals surface area contributed by atoms with Crippen molar-refractivity contribution in [1.82, 2.24) is 15.3 Å². The van der Waals surface area contributed by atoms with Gasteiger partial charge in [0, 0.05) is 43.9 Å². The summed E-state index contributed by atoms with van der Waals surface area (Å²) in [5, 5.41) is 2.90. The van der Waals surface area contributed by atoms with E-state index in [0.717, 1.165) is 30.3 Å². The molecule has 22 heavy (non-hydrogen) atoms. The van der Waals surface area contributed by atoms with Gasteiger partial charge in [0.2, 0.25) is 5.95 Å². The van der Waals surface area contributed by atoms with E-state index in [0.29, 0.717) is 19.0 Å². The maximum atomic E-state index is 12.3. The van der Waals surface area contributed by atoms with E-state index in [1.54, 1.807) is 6.20 Å². The normalized spacial score (nSPS) is 33.3. The Labute approximate surface area is 131 Å². The molecule has 0 aliphatic carbocycles. The Morgan fingerprint density at radius 1 is 1.36 bits per heavy atom. The van der Waals surface area contributed by atoms with Crippen molar-refractivity contribution >= 4 is 15.8 Å². The van der Waals surface area contributed by atoms with Crippen LogP contribution in [0, 0.1) is 5.92 Å². The van der Waals surface area contributed by atoms with Gasteiger partial charge in [-0.1, -0.05) is 6.92 Å². The third kappa shape index (κ3) is 2.31. The second-order valence-corrected chi connectivity index (χ2v) is 9.10. The summed E-state index contributed by atoms with van der Waals surface area (Å²) < 4.78 is 24.7. The fraction of sp³-hybridized carbons (Fsp3) is 0.733. The molecule has 1 N–H and O–H groups in total. The van der Waals surface area contributed by atoms with Gasteiger partial charge in [0.1, 0.15) is 0 Å². The molecule has 1 aromatic heterocycles. The van der Waals surface area contributed by atoms with E-state index in [-0.39, 0.29) is 16.9 Å². The molecule has 0 amide bonds. The Morgan fingerprint density at radius 2 is 2.23 bits per heavy atom. The monoisotopic (exact) mass is 322 g/mol. The van der Waals surface area contributed by atoms with Gasteiger partial charge in [-0.25, -0.2) is 18.4 Å². The Bertz CT molecular complexity index is 691. The summed E-state index contributed by atoms with van der Waals surface area (Å²) in [4.78, 5) is 11.5. The number of nitrogens with one attached hydrogen (secondary N) is 1. The Morgan fingerprint density at radius 3 is 3.05 bits per heavy atom. The fourth-order valence-corrected chi connectivity index (χ4v) is 5.96. The molecule has 4 heterocycles. The Hall–Kier alpha value is -1.21. The summed E-state index contributed by atoms with van der Waals surface area (Å²) in [6.07, 6.45) is 4.17. The van der Waals surface area contributed by atoms with Crippen molar-refractivity contribution in [3.05, 3.63) is 17.5 Å². The molecule has 0 saturated carbocycles. The zero-order chi connectivity index (χ0) is 15.3. The Kier molecular flexibility index (Phi) is 3.38. The summed E-state index contributed by atoms with van der Waals surface area (Å²) in [5.41, 5.74) is 1.74. The molecule has 4 rings (SSSR count). The standard InChI is InChI=1S/C15H22N4O2S/c1-10-3-2-4-19(8-10)15-17-5-11-9-22(20,21)13-7-16-6-12(13)14(11)18-15/h5,10,12-13,16H,2-4,6-9H2,1H3/t10-,12+,13-/m1/s1. The first-order valence-electron chi connectivity index (χ1n) is 8.07. The highest BCUT2D eigenvalue weighted by molar-refractivity contribution is 7.91. The van der Waals surface area contributed by atoms with E-state index in [1.807, 2.05) is 0 Å². The van der Waals surface area contributed by atoms with E-state index in [9.17, 15) is 8.42 Å². The topological polar surface area (TPSA) is 75.2 Å². The molecule has 6 nitrogen and oxygen atoms in total. The second kappa shape index (κ2) is 5.16. The minimum Gasteiger partial charge on any atom is -0.341 e. The van der Waals surface area contributed by atoms with Crippen molar-refractivity contribution in [3.8, 4) is 0 Å². The van der Waals surface area contributed by atoms with Crippen LogP contribution in [-0.2, 0) is 15.6 Å². The molecule has 7 heteroatoms. The average molecular weight is 322 g/mol. The van der Waals surface area contributed by atoms with Crippen LogP contribution in [-0.4, -0.2) is 49.8 Å². The van der Waals surface area contributed by atoms with Crippen LogP contribution in [0.3, 0.4) is 0 Å². The van der Waals surface area contributed by atoms with Gasteiger partial charge in [0.15, 0.2) is 9.84 Å². The summed E-state index contributed by atoms with van der Waals surface area (Å²) >= 11 is 0. The van der Waals surface area contributed by atoms with Crippen LogP contribution in [0.1, 0.15) is 36.9 Å². The van der Waals surface area contributed by atoms with Crippen molar-refractivity contribution in [2.45, 2.75) is 36.7 Å². The van der Waals surface area contributed by atoms with Crippen LogP contribution in [0.5, 0.6) is 0 Å². The number of rotatable bonds is 1. The van der Waals surface area contributed by atoms with Crippen molar-refractivity contribution in [1.29, 1.82) is 0 Å². The van der Waals surface area contributed by atoms with Gasteiger partial charge in [-0.2, -0.15) is 0 Å². The molecule has 0 spiro atoms. The summed E-state index contributed by atoms with van der Waals surface area (Å²) in [6, 6.07) is 0. The van der Waals surface area contributed by atoms with E-state index >= 15 is 0 Å². The van der Waals surface area contributed by atoms with Crippen LogP contribution in [0.15, 0.2) is 6.20 Å². The molecule has 1 aromatic rings. The van der Waals surface area contributed by atoms with E-state index in [4.69, 9.17) is 4.98 Å². The molecule has 0 aromatic carbocycles. The molecule has 2 fully saturated rings. The molecule has 0 unspecified atom stereocenters. The van der Waals surface area contributed by atoms with Crippen molar-refractivity contribution in [3.63, 3.8) is 0 Å². The third-order valence-corrected chi connectivity index (χ3v) is 7.28. The van der Waals surface area contributed by atoms with Gasteiger partial charge in [-0.15, -0.1) is 0 Å². The molecular weight excluding hydrogens is 300 g/mol. The summed E-state index contributed by atoms with van der Waals surface area (Å²) in [6.45, 7) is 5.49. The molecule has 3 atom stereocenters. The number of piperidine rings is 1. The molecule has 120 valence electrons. The highest BCUT2D eigenvalue weighted by Crippen LogP contribution is 2.36. The molecule has 2 saturated heterocycles. The van der Waals surface area contributed by atoms with Crippen molar-refractivity contribution < 1.29 is 8.42 Å². The first-order valence-corrected chi connectivity index (χ1v) is 9.79. The van der Waals surface area contributed by atoms with Gasteiger partial charge in [-0.3, -0.25) is 0 Å². The molecule has 0 radical (unpaired) electrons. The second-order valence-electron chi connectivity index (χ2n) is 6.88. The Balaban J connectivity index is 1.71. The first-order chi connectivity index (χ1) is 10.5. The lowest BCUT2D eigenvalue weighted by Gasteiger charge is -2.32. The number of anilines is 1. The van der Waals surface area contributed by atoms with E-state index in [1.165, 1.54) is 12.8 Å². The fourth-order valence-electron chi connectivity index (χ4n) is 3.99. The predicted octanol–water partition coefficient (Wildman–Crippen LogP) is 0.697. The number of aromatic nitrogens is 2. The van der Waals surface area contributed by atoms with E-state index < -0.39 is 9.84 Å². The average Bonchev–Trinajstić information content (AvgIpc) is 2.97. The van der Waals surface area contributed by atoms with Crippen molar-refractivity contribution in [2.24, 2.45) is 5.92 Å². The first kappa shape index (κ1) is 14.4. The van der Waals surface area contributed by atoms with Crippen LogP contribution in [0.25, 0.3) is 0 Å². The van der Waals surface area contributed by atoms with Crippen LogP contribution < -0.4 is 10.2 Å². The number of hydrogen-bond donors (Lipinski definition) is 1. The maximum absolute atomic E-state index is 12.3. The molecule has 3 aliphatic rings. The largest absolute Gasteiger partial charge is 0.341 e. The number of nitrogens with zero attached hydrogens (tertiary/aromatic N) is 3. The quantitative estimate of drug-likeness (QED) is 0.820. The van der Waals surface area contributed by atoms with Gasteiger partial charge in [-0.05, 0) is 18.8 Å². The summed E-state index contributed by atoms with van der Waals surface area (Å²) in [7, 11) is -3.08. The van der Waals surface area contributed by atoms with Crippen molar-refractivity contribution in [2.75, 3.05) is 31.1 Å². The SMILES string of the molecule is C[C@@H]1CCCN(c2ncc3c(n2)[C@H]2CNC[C@H]2S(=O)(=O)C3)C1. The van der Waals surface area contributed by atoms with Gasteiger partial charge >= 0.3 is 0 Å². The lowest BCUT2D eigenvalue weighted by molar-refractivity contribution is 0.441. The predicted molar refractivity (Wildman–Crippen MR) is 84.7 cm³/mol. The zero-order valence-electron chi connectivity index (χ0n) is 12.8. The number of fused-ring (bicyclic) bond motifs is 3. The minimum absolute atomic E-state index is 0.0160. The maximum Gasteiger partial charge on any atom is 0.225 e. The van der Waals surface area contributed by atoms with E-state index in [2.05, 4.69) is 22.1 Å². The van der Waals surface area contributed by atoms with Gasteiger partial charge in [0.25, 0.3) is 0 Å². The molecule has 0 bridgehead atoms. The number of sulfone groups is 1. The summed E-state index contributed by atoms with van der Waals surface area (Å²) in [5.74, 6) is 1.50. The minimum atomic E-state index is -3.08. The number of hydrogen-bond acceptors (Lipinski definition) is 6. The highest BCUT2D eigenvalue weighted by atomic mass is 32.2. The molecular formula is C15H22N4O2S. The smallest absolute Gasteiger partial charge is 0.225 e. The van der Waals surface area contributed by atoms with Gasteiger partial charge < -0.3 is 10.2 Å². The lowest BCUT2D eigenvalue weighted by atomic mass is 9.99. The third-order valence-electron chi connectivity index (χ3n) is 5.15. The van der Waals surface area contributed by atoms with Crippen LogP contribution in [0.2, 0.25) is 0 Å². The highest BCUT2D eigenvalue weighted by Gasteiger charge is 2.44. The zero-order valence-corrected chi connectivity index (χ0v) is 13.6. The van der Waals surface area contributed by atoms with Crippen LogP contribution >= 0.6 is 0 Å². The van der Waals surface area contributed by atoms with Crippen LogP contribution in [0.4, 0.5) is 5.95 Å². The molecule has 3 aliphatic heterocycles. The van der Waals surface area contributed by atoms with Gasteiger partial charge in [0.05, 0.1) is 16.7 Å².